The van der Waals surface area contributed by atoms with E-state index in [1.807, 2.05) is 30.3 Å². The minimum atomic E-state index is -0.284. The van der Waals surface area contributed by atoms with Gasteiger partial charge < -0.3 is 10.1 Å². The molecule has 0 bridgehead atoms. The number of rotatable bonds is 2. The molecule has 0 radical (unpaired) electrons. The number of esters is 1. The predicted molar refractivity (Wildman–Crippen MR) is 100 cm³/mol. The molecule has 0 saturated heterocycles. The molecule has 2 aliphatic rings. The Balaban J connectivity index is 1.89. The number of ether oxygens (including phenoxy) is 1. The van der Waals surface area contributed by atoms with Crippen LogP contribution in [0.15, 0.2) is 48.6 Å². The van der Waals surface area contributed by atoms with E-state index in [0.29, 0.717) is 11.5 Å². The van der Waals surface area contributed by atoms with Gasteiger partial charge in [0.2, 0.25) is 0 Å². The molecule has 0 spiro atoms. The second kappa shape index (κ2) is 6.23. The summed E-state index contributed by atoms with van der Waals surface area (Å²) in [5.41, 5.74) is 4.96. The molecule has 128 valence electrons. The summed E-state index contributed by atoms with van der Waals surface area (Å²) in [6.45, 7) is 2.07. The molecule has 0 aromatic heterocycles. The van der Waals surface area contributed by atoms with Gasteiger partial charge in [-0.05, 0) is 48.1 Å². The second-order valence-corrected chi connectivity index (χ2v) is 7.11. The van der Waals surface area contributed by atoms with Gasteiger partial charge in [0, 0.05) is 16.6 Å². The van der Waals surface area contributed by atoms with Gasteiger partial charge in [0.1, 0.15) is 0 Å². The topological polar surface area (TPSA) is 38.3 Å². The van der Waals surface area contributed by atoms with Gasteiger partial charge in [-0.25, -0.2) is 4.79 Å². The van der Waals surface area contributed by atoms with E-state index >= 15 is 0 Å². The van der Waals surface area contributed by atoms with Crippen molar-refractivity contribution in [1.82, 2.24) is 0 Å². The number of nitrogens with one attached hydrogen (secondary N) is 1. The first kappa shape index (κ1) is 16.2. The van der Waals surface area contributed by atoms with Crippen LogP contribution in [0.4, 0.5) is 5.69 Å². The third-order valence-electron chi connectivity index (χ3n) is 5.37. The van der Waals surface area contributed by atoms with Crippen LogP contribution in [0.5, 0.6) is 0 Å². The maximum Gasteiger partial charge on any atom is 0.338 e. The molecule has 3 nitrogen and oxygen atoms in total. The molecule has 1 aliphatic carbocycles. The van der Waals surface area contributed by atoms with Crippen molar-refractivity contribution in [2.75, 3.05) is 12.4 Å². The van der Waals surface area contributed by atoms with Crippen LogP contribution in [0.25, 0.3) is 0 Å². The number of carbonyl (C=O) groups excluding carboxylic acids is 1. The van der Waals surface area contributed by atoms with Crippen molar-refractivity contribution < 1.29 is 9.53 Å². The van der Waals surface area contributed by atoms with Gasteiger partial charge in [-0.15, -0.1) is 0 Å². The van der Waals surface area contributed by atoms with Crippen LogP contribution >= 0.6 is 11.6 Å². The summed E-state index contributed by atoms with van der Waals surface area (Å²) in [4.78, 5) is 12.3. The summed E-state index contributed by atoms with van der Waals surface area (Å²) in [6, 6.07) is 12.0. The maximum absolute atomic E-state index is 12.3. The molecule has 25 heavy (non-hydrogen) atoms. The Hall–Kier alpha value is -2.26. The summed E-state index contributed by atoms with van der Waals surface area (Å²) in [7, 11) is 1.43. The molecule has 1 N–H and O–H groups in total. The van der Waals surface area contributed by atoms with E-state index in [-0.39, 0.29) is 17.9 Å². The molecule has 4 rings (SSSR count). The van der Waals surface area contributed by atoms with Gasteiger partial charge in [0.15, 0.2) is 0 Å². The van der Waals surface area contributed by atoms with Crippen molar-refractivity contribution in [3.8, 4) is 0 Å². The van der Waals surface area contributed by atoms with Gasteiger partial charge in [-0.2, -0.15) is 0 Å². The largest absolute Gasteiger partial charge is 0.465 e. The number of aryl methyl sites for hydroxylation is 1. The first-order valence-corrected chi connectivity index (χ1v) is 8.89. The fourth-order valence-corrected chi connectivity index (χ4v) is 4.43. The van der Waals surface area contributed by atoms with Crippen LogP contribution in [0.1, 0.15) is 45.4 Å². The quantitative estimate of drug-likeness (QED) is 0.591. The molecule has 2 aromatic carbocycles. The zero-order valence-corrected chi connectivity index (χ0v) is 15.0. The van der Waals surface area contributed by atoms with E-state index in [4.69, 9.17) is 16.3 Å². The molecule has 0 unspecified atom stereocenters. The maximum atomic E-state index is 12.3. The lowest BCUT2D eigenvalue weighted by Gasteiger charge is -2.39. The molecule has 0 saturated carbocycles. The van der Waals surface area contributed by atoms with Crippen LogP contribution in [0.2, 0.25) is 5.02 Å². The fraction of sp³-hybridized carbons (Fsp3) is 0.286. The Morgan fingerprint density at radius 1 is 1.24 bits per heavy atom. The van der Waals surface area contributed by atoms with Crippen LogP contribution in [0.3, 0.4) is 0 Å². The van der Waals surface area contributed by atoms with Gasteiger partial charge in [0.05, 0.1) is 18.7 Å². The molecule has 0 fully saturated rings. The Bertz CT molecular complexity index is 874. The molecule has 1 aliphatic heterocycles. The minimum absolute atomic E-state index is 0.118. The summed E-state index contributed by atoms with van der Waals surface area (Å²) < 4.78 is 5.01. The Morgan fingerprint density at radius 2 is 2.04 bits per heavy atom. The van der Waals surface area contributed by atoms with Crippen molar-refractivity contribution >= 4 is 23.3 Å². The van der Waals surface area contributed by atoms with Crippen molar-refractivity contribution in [1.29, 1.82) is 0 Å². The lowest BCUT2D eigenvalue weighted by molar-refractivity contribution is 0.0598. The number of hydrogen-bond acceptors (Lipinski definition) is 3. The van der Waals surface area contributed by atoms with Crippen molar-refractivity contribution in [2.45, 2.75) is 25.3 Å². The lowest BCUT2D eigenvalue weighted by Crippen LogP contribution is -2.31. The van der Waals surface area contributed by atoms with Crippen molar-refractivity contribution in [2.24, 2.45) is 5.92 Å². The van der Waals surface area contributed by atoms with E-state index < -0.39 is 0 Å². The molecular weight excluding hydrogens is 334 g/mol. The van der Waals surface area contributed by atoms with E-state index in [1.165, 1.54) is 7.11 Å². The van der Waals surface area contributed by atoms with Crippen LogP contribution in [-0.4, -0.2) is 13.1 Å². The van der Waals surface area contributed by atoms with Crippen molar-refractivity contribution in [3.05, 3.63) is 75.8 Å². The van der Waals surface area contributed by atoms with E-state index in [0.717, 1.165) is 33.8 Å². The number of fused-ring (bicyclic) bond motifs is 3. The standard InChI is InChI=1S/C21H20ClNO2/c1-12-10-11-16(21(24)25-2)18-13-7-5-8-14(13)20(23-19(12)18)15-6-3-4-9-17(15)22/h3-7,9-11,13-14,20,23H,8H2,1-2H3/t13-,14-,20-/m1/s1. The number of methoxy groups -OCH3 is 1. The molecule has 3 atom stereocenters. The summed E-state index contributed by atoms with van der Waals surface area (Å²) in [5.74, 6) is 0.234. The molecule has 4 heteroatoms. The fourth-order valence-electron chi connectivity index (χ4n) is 4.18. The zero-order valence-electron chi connectivity index (χ0n) is 14.3. The lowest BCUT2D eigenvalue weighted by atomic mass is 9.74. The molecule has 2 aromatic rings. The Labute approximate surface area is 152 Å². The predicted octanol–water partition coefficient (Wildman–Crippen LogP) is 5.26. The highest BCUT2D eigenvalue weighted by atomic mass is 35.5. The van der Waals surface area contributed by atoms with Crippen LogP contribution < -0.4 is 5.32 Å². The monoisotopic (exact) mass is 353 g/mol. The first-order valence-electron chi connectivity index (χ1n) is 8.51. The van der Waals surface area contributed by atoms with Crippen LogP contribution in [-0.2, 0) is 4.74 Å². The third kappa shape index (κ3) is 2.54. The van der Waals surface area contributed by atoms with Gasteiger partial charge in [-0.3, -0.25) is 0 Å². The van der Waals surface area contributed by atoms with Crippen molar-refractivity contribution in [3.63, 3.8) is 0 Å². The normalized spacial score (nSPS) is 23.6. The minimum Gasteiger partial charge on any atom is -0.465 e. The number of benzene rings is 2. The van der Waals surface area contributed by atoms with E-state index in [2.05, 4.69) is 30.5 Å². The average molecular weight is 354 g/mol. The second-order valence-electron chi connectivity index (χ2n) is 6.71. The highest BCUT2D eigenvalue weighted by molar-refractivity contribution is 6.31. The summed E-state index contributed by atoms with van der Waals surface area (Å²) >= 11 is 6.48. The number of allylic oxidation sites excluding steroid dienone is 2. The summed E-state index contributed by atoms with van der Waals surface area (Å²) in [5, 5.41) is 4.45. The Kier molecular flexibility index (Phi) is 4.04. The van der Waals surface area contributed by atoms with E-state index in [1.54, 1.807) is 0 Å². The Morgan fingerprint density at radius 3 is 2.80 bits per heavy atom. The number of carbonyl (C=O) groups is 1. The molecule has 0 amide bonds. The number of anilines is 1. The van der Waals surface area contributed by atoms with Gasteiger partial charge in [0.25, 0.3) is 0 Å². The highest BCUT2D eigenvalue weighted by Gasteiger charge is 2.41. The smallest absolute Gasteiger partial charge is 0.338 e. The first-order chi connectivity index (χ1) is 12.1. The van der Waals surface area contributed by atoms with Gasteiger partial charge >= 0.3 is 5.97 Å². The molecular formula is C21H20ClNO2. The van der Waals surface area contributed by atoms with Crippen LogP contribution in [0, 0.1) is 12.8 Å². The van der Waals surface area contributed by atoms with E-state index in [9.17, 15) is 4.79 Å². The average Bonchev–Trinajstić information content (AvgIpc) is 3.11. The number of hydrogen-bond donors (Lipinski definition) is 1. The highest BCUT2D eigenvalue weighted by Crippen LogP contribution is 2.52. The SMILES string of the molecule is COC(=O)c1ccc(C)c2c1[C@@H]1C=CC[C@H]1[C@H](c1ccccc1Cl)N2. The van der Waals surface area contributed by atoms with Gasteiger partial charge in [-0.1, -0.05) is 48.0 Å². The zero-order chi connectivity index (χ0) is 17.6. The third-order valence-corrected chi connectivity index (χ3v) is 5.72. The number of halogens is 1. The molecule has 1 heterocycles. The summed E-state index contributed by atoms with van der Waals surface area (Å²) in [6.07, 6.45) is 5.39.